The van der Waals surface area contributed by atoms with Crippen molar-refractivity contribution in [2.45, 2.75) is 6.04 Å². The second kappa shape index (κ2) is 7.10. The second-order valence-corrected chi connectivity index (χ2v) is 5.20. The highest BCUT2D eigenvalue weighted by molar-refractivity contribution is 7.98. The zero-order valence-corrected chi connectivity index (χ0v) is 12.1. The van der Waals surface area contributed by atoms with Crippen LogP contribution in [0.15, 0.2) is 54.6 Å². The number of benzene rings is 2. The van der Waals surface area contributed by atoms with Crippen molar-refractivity contribution >= 4 is 17.4 Å². The van der Waals surface area contributed by atoms with Crippen molar-refractivity contribution in [2.24, 2.45) is 0 Å². The molecule has 0 spiro atoms. The van der Waals surface area contributed by atoms with Gasteiger partial charge in [0.1, 0.15) is 5.75 Å². The molecule has 100 valence electrons. The number of thioether (sulfide) groups is 1. The Balaban J connectivity index is 2.11. The number of rotatable bonds is 6. The highest BCUT2D eigenvalue weighted by Crippen LogP contribution is 2.24. The van der Waals surface area contributed by atoms with E-state index in [2.05, 4.69) is 48.0 Å². The van der Waals surface area contributed by atoms with Crippen LogP contribution in [-0.2, 0) is 0 Å². The number of hydrogen-bond acceptors (Lipinski definition) is 3. The van der Waals surface area contributed by atoms with Crippen LogP contribution in [0.25, 0.3) is 0 Å². The van der Waals surface area contributed by atoms with Gasteiger partial charge in [-0.15, -0.1) is 0 Å². The first kappa shape index (κ1) is 13.8. The zero-order valence-electron chi connectivity index (χ0n) is 11.3. The highest BCUT2D eigenvalue weighted by Gasteiger charge is 2.10. The SMILES string of the molecule is COc1ccc(NC(CSC)c2ccccc2)cc1. The van der Waals surface area contributed by atoms with Gasteiger partial charge in [0.05, 0.1) is 13.2 Å². The van der Waals surface area contributed by atoms with Gasteiger partial charge in [0.2, 0.25) is 0 Å². The minimum absolute atomic E-state index is 0.324. The quantitative estimate of drug-likeness (QED) is 0.852. The summed E-state index contributed by atoms with van der Waals surface area (Å²) in [6.45, 7) is 0. The summed E-state index contributed by atoms with van der Waals surface area (Å²) in [5.41, 5.74) is 2.43. The van der Waals surface area contributed by atoms with E-state index in [0.717, 1.165) is 17.2 Å². The summed E-state index contributed by atoms with van der Waals surface area (Å²) in [6, 6.07) is 18.9. The van der Waals surface area contributed by atoms with Crippen molar-refractivity contribution in [3.8, 4) is 5.75 Å². The van der Waals surface area contributed by atoms with Gasteiger partial charge < -0.3 is 10.1 Å². The molecule has 0 fully saturated rings. The maximum atomic E-state index is 5.17. The van der Waals surface area contributed by atoms with E-state index in [4.69, 9.17) is 4.74 Å². The summed E-state index contributed by atoms with van der Waals surface area (Å²) in [5.74, 6) is 1.92. The number of hydrogen-bond donors (Lipinski definition) is 1. The van der Waals surface area contributed by atoms with Crippen LogP contribution in [0.2, 0.25) is 0 Å². The molecular formula is C16H19NOS. The van der Waals surface area contributed by atoms with E-state index in [1.165, 1.54) is 5.56 Å². The molecule has 0 aliphatic carbocycles. The third-order valence-corrected chi connectivity index (χ3v) is 3.63. The van der Waals surface area contributed by atoms with E-state index < -0.39 is 0 Å². The minimum Gasteiger partial charge on any atom is -0.497 e. The van der Waals surface area contributed by atoms with Gasteiger partial charge in [0.25, 0.3) is 0 Å². The Morgan fingerprint density at radius 2 is 1.74 bits per heavy atom. The molecule has 2 rings (SSSR count). The molecule has 0 saturated carbocycles. The summed E-state index contributed by atoms with van der Waals surface area (Å²) in [5, 5.41) is 3.57. The van der Waals surface area contributed by atoms with Gasteiger partial charge in [-0.2, -0.15) is 11.8 Å². The first-order chi connectivity index (χ1) is 9.33. The van der Waals surface area contributed by atoms with Gasteiger partial charge in [0.15, 0.2) is 0 Å². The lowest BCUT2D eigenvalue weighted by molar-refractivity contribution is 0.415. The van der Waals surface area contributed by atoms with E-state index in [1.54, 1.807) is 7.11 Å². The third-order valence-electron chi connectivity index (χ3n) is 2.97. The number of anilines is 1. The predicted octanol–water partition coefficient (Wildman–Crippen LogP) is 4.21. The Bertz CT molecular complexity index is 484. The van der Waals surface area contributed by atoms with Crippen LogP contribution >= 0.6 is 11.8 Å². The van der Waals surface area contributed by atoms with Crippen LogP contribution in [0.4, 0.5) is 5.69 Å². The Hall–Kier alpha value is -1.61. The van der Waals surface area contributed by atoms with E-state index in [9.17, 15) is 0 Å². The summed E-state index contributed by atoms with van der Waals surface area (Å²) < 4.78 is 5.17. The molecule has 2 aromatic rings. The third kappa shape index (κ3) is 3.93. The van der Waals surface area contributed by atoms with Gasteiger partial charge in [-0.05, 0) is 36.1 Å². The summed E-state index contributed by atoms with van der Waals surface area (Å²) in [6.07, 6.45) is 2.13. The molecule has 1 unspecified atom stereocenters. The van der Waals surface area contributed by atoms with Crippen LogP contribution in [0.3, 0.4) is 0 Å². The fourth-order valence-corrected chi connectivity index (χ4v) is 2.57. The maximum Gasteiger partial charge on any atom is 0.119 e. The maximum absolute atomic E-state index is 5.17. The lowest BCUT2D eigenvalue weighted by atomic mass is 10.1. The van der Waals surface area contributed by atoms with Gasteiger partial charge in [0, 0.05) is 11.4 Å². The Morgan fingerprint density at radius 3 is 2.32 bits per heavy atom. The topological polar surface area (TPSA) is 21.3 Å². The first-order valence-corrected chi connectivity index (χ1v) is 7.67. The van der Waals surface area contributed by atoms with Crippen LogP contribution in [0, 0.1) is 0 Å². The summed E-state index contributed by atoms with van der Waals surface area (Å²) in [7, 11) is 1.68. The molecule has 0 heterocycles. The Labute approximate surface area is 119 Å². The molecule has 0 aliphatic rings. The molecule has 2 aromatic carbocycles. The van der Waals surface area contributed by atoms with Gasteiger partial charge in [-0.1, -0.05) is 30.3 Å². The van der Waals surface area contributed by atoms with E-state index in [-0.39, 0.29) is 0 Å². The summed E-state index contributed by atoms with van der Waals surface area (Å²) in [4.78, 5) is 0. The molecule has 2 nitrogen and oxygen atoms in total. The smallest absolute Gasteiger partial charge is 0.119 e. The average Bonchev–Trinajstić information content (AvgIpc) is 2.48. The van der Waals surface area contributed by atoms with Crippen LogP contribution < -0.4 is 10.1 Å². The molecule has 0 amide bonds. The van der Waals surface area contributed by atoms with Crippen LogP contribution in [0.1, 0.15) is 11.6 Å². The zero-order chi connectivity index (χ0) is 13.5. The van der Waals surface area contributed by atoms with E-state index >= 15 is 0 Å². The van der Waals surface area contributed by atoms with Gasteiger partial charge >= 0.3 is 0 Å². The fraction of sp³-hybridized carbons (Fsp3) is 0.250. The fourth-order valence-electron chi connectivity index (χ4n) is 1.96. The summed E-state index contributed by atoms with van der Waals surface area (Å²) >= 11 is 1.84. The van der Waals surface area contributed by atoms with Gasteiger partial charge in [-0.25, -0.2) is 0 Å². The van der Waals surface area contributed by atoms with E-state index in [1.807, 2.05) is 30.0 Å². The molecule has 0 radical (unpaired) electrons. The molecule has 1 N–H and O–H groups in total. The van der Waals surface area contributed by atoms with Crippen molar-refractivity contribution < 1.29 is 4.74 Å². The van der Waals surface area contributed by atoms with Crippen LogP contribution in [0.5, 0.6) is 5.75 Å². The van der Waals surface area contributed by atoms with Crippen molar-refractivity contribution in [1.29, 1.82) is 0 Å². The van der Waals surface area contributed by atoms with Gasteiger partial charge in [-0.3, -0.25) is 0 Å². The lowest BCUT2D eigenvalue weighted by Gasteiger charge is -2.19. The van der Waals surface area contributed by atoms with Crippen molar-refractivity contribution in [3.05, 3.63) is 60.2 Å². The Kier molecular flexibility index (Phi) is 5.16. The molecule has 3 heteroatoms. The minimum atomic E-state index is 0.324. The standard InChI is InChI=1S/C16H19NOS/c1-18-15-10-8-14(9-11-15)17-16(12-19-2)13-6-4-3-5-7-13/h3-11,16-17H,12H2,1-2H3. The molecule has 0 aliphatic heterocycles. The van der Waals surface area contributed by atoms with Crippen molar-refractivity contribution in [2.75, 3.05) is 24.4 Å². The number of methoxy groups -OCH3 is 1. The predicted molar refractivity (Wildman–Crippen MR) is 84.2 cm³/mol. The lowest BCUT2D eigenvalue weighted by Crippen LogP contribution is -2.13. The highest BCUT2D eigenvalue weighted by atomic mass is 32.2. The molecule has 0 saturated heterocycles. The van der Waals surface area contributed by atoms with Crippen LogP contribution in [-0.4, -0.2) is 19.1 Å². The Morgan fingerprint density at radius 1 is 1.05 bits per heavy atom. The van der Waals surface area contributed by atoms with E-state index in [0.29, 0.717) is 6.04 Å². The molecule has 0 bridgehead atoms. The largest absolute Gasteiger partial charge is 0.497 e. The monoisotopic (exact) mass is 273 g/mol. The number of ether oxygens (including phenoxy) is 1. The second-order valence-electron chi connectivity index (χ2n) is 4.29. The van der Waals surface area contributed by atoms with Crippen molar-refractivity contribution in [3.63, 3.8) is 0 Å². The first-order valence-electron chi connectivity index (χ1n) is 6.28. The molecule has 19 heavy (non-hydrogen) atoms. The average molecular weight is 273 g/mol. The molecule has 0 aromatic heterocycles. The molecular weight excluding hydrogens is 254 g/mol. The normalized spacial score (nSPS) is 11.9. The van der Waals surface area contributed by atoms with Crippen molar-refractivity contribution in [1.82, 2.24) is 0 Å². The molecule has 1 atom stereocenters. The number of nitrogens with one attached hydrogen (secondary N) is 1.